The Morgan fingerprint density at radius 3 is 2.67 bits per heavy atom. The summed E-state index contributed by atoms with van der Waals surface area (Å²) in [5.41, 5.74) is 8.73. The maximum atomic E-state index is 15.2. The molecule has 3 aromatic rings. The van der Waals surface area contributed by atoms with Gasteiger partial charge >= 0.3 is 0 Å². The molecule has 0 saturated heterocycles. The van der Waals surface area contributed by atoms with E-state index >= 15 is 4.39 Å². The Morgan fingerprint density at radius 2 is 2.00 bits per heavy atom. The van der Waals surface area contributed by atoms with Crippen LogP contribution >= 0.6 is 15.9 Å². The maximum Gasteiger partial charge on any atom is 0.254 e. The molecule has 1 atom stereocenters. The molecule has 1 aromatic heterocycles. The summed E-state index contributed by atoms with van der Waals surface area (Å²) in [7, 11) is 3.54. The number of halogens is 2. The third-order valence-corrected chi connectivity index (χ3v) is 7.19. The molecule has 7 nitrogen and oxygen atoms in total. The number of benzene rings is 2. The number of aromatic nitrogens is 2. The third kappa shape index (κ3) is 6.08. The van der Waals surface area contributed by atoms with Gasteiger partial charge in [-0.3, -0.25) is 4.79 Å². The summed E-state index contributed by atoms with van der Waals surface area (Å²) in [5.74, 6) is -0.651. The molecule has 9 heteroatoms. The van der Waals surface area contributed by atoms with Gasteiger partial charge in [-0.05, 0) is 62.6 Å². The van der Waals surface area contributed by atoms with Crippen LogP contribution in [0.15, 0.2) is 53.1 Å². The number of ether oxygens (including phenoxy) is 1. The average molecular weight is 556 g/mol. The van der Waals surface area contributed by atoms with Crippen LogP contribution in [0.1, 0.15) is 59.3 Å². The Labute approximate surface area is 219 Å². The standard InChI is InChI=1S/C27H31BrFN5O2/c1-31-14-23(17-4-3-5-19(28)12-17)34-27(35)21-11-8-18(13-22(21)29)25-26(30)32-15-24(33-25)16-6-9-20(36-2)10-7-16/h3-5,8,11-13,15-16,20,23,31H,6-7,9-10,14H2,1-2H3,(H2,30,32)(H,34,35). The number of nitrogen functional groups attached to an aromatic ring is 1. The van der Waals surface area contributed by atoms with Crippen molar-refractivity contribution >= 4 is 27.7 Å². The highest BCUT2D eigenvalue weighted by Crippen LogP contribution is 2.34. The predicted octanol–water partition coefficient (Wildman–Crippen LogP) is 4.99. The van der Waals surface area contributed by atoms with Gasteiger partial charge in [0, 0.05) is 29.6 Å². The van der Waals surface area contributed by atoms with E-state index in [-0.39, 0.29) is 29.4 Å². The largest absolute Gasteiger partial charge is 0.382 e. The normalized spacial score (nSPS) is 18.6. The van der Waals surface area contributed by atoms with Gasteiger partial charge in [-0.1, -0.05) is 34.1 Å². The molecule has 1 unspecified atom stereocenters. The van der Waals surface area contributed by atoms with Crippen molar-refractivity contribution in [2.24, 2.45) is 0 Å². The van der Waals surface area contributed by atoms with Crippen molar-refractivity contribution in [3.8, 4) is 11.3 Å². The second-order valence-corrected chi connectivity index (χ2v) is 9.99. The highest BCUT2D eigenvalue weighted by molar-refractivity contribution is 9.10. The molecule has 1 aliphatic carbocycles. The van der Waals surface area contributed by atoms with Crippen molar-refractivity contribution < 1.29 is 13.9 Å². The van der Waals surface area contributed by atoms with E-state index in [2.05, 4.69) is 31.5 Å². The SMILES string of the molecule is CNCC(NC(=O)c1ccc(-c2nc(C3CCC(OC)CC3)cnc2N)cc1F)c1cccc(Br)c1. The van der Waals surface area contributed by atoms with E-state index in [0.29, 0.717) is 17.8 Å². The van der Waals surface area contributed by atoms with Crippen molar-refractivity contribution in [1.82, 2.24) is 20.6 Å². The lowest BCUT2D eigenvalue weighted by molar-refractivity contribution is 0.0655. The van der Waals surface area contributed by atoms with Crippen molar-refractivity contribution in [3.63, 3.8) is 0 Å². The Morgan fingerprint density at radius 1 is 1.22 bits per heavy atom. The maximum absolute atomic E-state index is 15.2. The van der Waals surface area contributed by atoms with E-state index in [1.807, 2.05) is 24.3 Å². The third-order valence-electron chi connectivity index (χ3n) is 6.70. The molecule has 0 bridgehead atoms. The van der Waals surface area contributed by atoms with Gasteiger partial charge in [0.2, 0.25) is 0 Å². The minimum absolute atomic E-state index is 0.0459. The van der Waals surface area contributed by atoms with E-state index in [0.717, 1.165) is 41.4 Å². The number of likely N-dealkylation sites (N-methyl/N-ethyl adjacent to an activating group) is 1. The Kier molecular flexibility index (Phi) is 8.66. The molecule has 190 valence electrons. The average Bonchev–Trinajstić information content (AvgIpc) is 2.88. The van der Waals surface area contributed by atoms with Crippen LogP contribution in [0.3, 0.4) is 0 Å². The van der Waals surface area contributed by atoms with Crippen molar-refractivity contribution in [1.29, 1.82) is 0 Å². The van der Waals surface area contributed by atoms with Crippen molar-refractivity contribution in [2.45, 2.75) is 43.7 Å². The molecule has 2 aromatic carbocycles. The van der Waals surface area contributed by atoms with Crippen LogP contribution in [-0.4, -0.2) is 42.7 Å². The lowest BCUT2D eigenvalue weighted by Gasteiger charge is -2.27. The topological polar surface area (TPSA) is 102 Å². The summed E-state index contributed by atoms with van der Waals surface area (Å²) >= 11 is 3.46. The lowest BCUT2D eigenvalue weighted by Crippen LogP contribution is -2.35. The zero-order valence-corrected chi connectivity index (χ0v) is 22.0. The first-order valence-corrected chi connectivity index (χ1v) is 12.8. The number of amides is 1. The predicted molar refractivity (Wildman–Crippen MR) is 142 cm³/mol. The molecule has 0 radical (unpaired) electrons. The van der Waals surface area contributed by atoms with E-state index in [4.69, 9.17) is 15.5 Å². The zero-order chi connectivity index (χ0) is 25.7. The summed E-state index contributed by atoms with van der Waals surface area (Å²) in [4.78, 5) is 22.1. The molecule has 4 N–H and O–H groups in total. The fourth-order valence-corrected chi connectivity index (χ4v) is 5.09. The van der Waals surface area contributed by atoms with Gasteiger partial charge in [0.1, 0.15) is 17.3 Å². The molecule has 1 heterocycles. The molecule has 0 spiro atoms. The van der Waals surface area contributed by atoms with E-state index < -0.39 is 11.7 Å². The minimum atomic E-state index is -0.644. The molecule has 1 fully saturated rings. The molecule has 4 rings (SSSR count). The van der Waals surface area contributed by atoms with Crippen LogP contribution in [0.25, 0.3) is 11.3 Å². The van der Waals surface area contributed by atoms with Gasteiger partial charge in [-0.2, -0.15) is 0 Å². The first-order valence-electron chi connectivity index (χ1n) is 12.1. The highest BCUT2D eigenvalue weighted by atomic mass is 79.9. The molecule has 1 aliphatic rings. The zero-order valence-electron chi connectivity index (χ0n) is 20.4. The number of carbonyl (C=O) groups is 1. The summed E-state index contributed by atoms with van der Waals surface area (Å²) < 4.78 is 21.5. The van der Waals surface area contributed by atoms with Gasteiger partial charge in [-0.15, -0.1) is 0 Å². The molecule has 36 heavy (non-hydrogen) atoms. The van der Waals surface area contributed by atoms with Gasteiger partial charge in [0.05, 0.1) is 29.6 Å². The number of carbonyl (C=O) groups excluding carboxylic acids is 1. The first kappa shape index (κ1) is 26.2. The first-order chi connectivity index (χ1) is 17.4. The summed E-state index contributed by atoms with van der Waals surface area (Å²) in [6.45, 7) is 0.493. The van der Waals surface area contributed by atoms with Gasteiger partial charge in [0.15, 0.2) is 0 Å². The second kappa shape index (κ2) is 11.9. The fourth-order valence-electron chi connectivity index (χ4n) is 4.68. The number of rotatable bonds is 8. The number of nitrogens with one attached hydrogen (secondary N) is 2. The van der Waals surface area contributed by atoms with Gasteiger partial charge < -0.3 is 21.1 Å². The molecular formula is C27H31BrFN5O2. The lowest BCUT2D eigenvalue weighted by atomic mass is 9.85. The summed E-state index contributed by atoms with van der Waals surface area (Å²) in [5, 5.41) is 6.00. The number of hydrogen-bond donors (Lipinski definition) is 3. The highest BCUT2D eigenvalue weighted by Gasteiger charge is 2.25. The number of hydrogen-bond acceptors (Lipinski definition) is 6. The van der Waals surface area contributed by atoms with Crippen LogP contribution < -0.4 is 16.4 Å². The van der Waals surface area contributed by atoms with E-state index in [9.17, 15) is 4.79 Å². The summed E-state index contributed by atoms with van der Waals surface area (Å²) in [6.07, 6.45) is 5.83. The molecule has 1 saturated carbocycles. The number of methoxy groups -OCH3 is 1. The van der Waals surface area contributed by atoms with Gasteiger partial charge in [-0.25, -0.2) is 14.4 Å². The van der Waals surface area contributed by atoms with Crippen LogP contribution in [0, 0.1) is 5.82 Å². The monoisotopic (exact) mass is 555 g/mol. The van der Waals surface area contributed by atoms with Crippen LogP contribution in [0.2, 0.25) is 0 Å². The van der Waals surface area contributed by atoms with Crippen molar-refractivity contribution in [2.75, 3.05) is 26.4 Å². The van der Waals surface area contributed by atoms with Gasteiger partial charge in [0.25, 0.3) is 5.91 Å². The smallest absolute Gasteiger partial charge is 0.254 e. The number of nitrogens with zero attached hydrogens (tertiary/aromatic N) is 2. The minimum Gasteiger partial charge on any atom is -0.382 e. The molecule has 0 aliphatic heterocycles. The Hall–Kier alpha value is -2.88. The Bertz CT molecular complexity index is 1220. The molecular weight excluding hydrogens is 525 g/mol. The number of anilines is 1. The van der Waals surface area contributed by atoms with E-state index in [1.165, 1.54) is 12.1 Å². The fraction of sp³-hybridized carbons (Fsp3) is 0.370. The van der Waals surface area contributed by atoms with Crippen LogP contribution in [-0.2, 0) is 4.74 Å². The van der Waals surface area contributed by atoms with Crippen LogP contribution in [0.5, 0.6) is 0 Å². The summed E-state index contributed by atoms with van der Waals surface area (Å²) in [6, 6.07) is 11.8. The molecule has 1 amide bonds. The number of nitrogens with two attached hydrogens (primary N) is 1. The second-order valence-electron chi connectivity index (χ2n) is 9.07. The van der Waals surface area contributed by atoms with Crippen molar-refractivity contribution in [3.05, 3.63) is 75.8 Å². The van der Waals surface area contributed by atoms with E-state index in [1.54, 1.807) is 26.4 Å². The quantitative estimate of drug-likeness (QED) is 0.362. The Balaban J connectivity index is 1.54. The van der Waals surface area contributed by atoms with Crippen LogP contribution in [0.4, 0.5) is 10.2 Å².